The summed E-state index contributed by atoms with van der Waals surface area (Å²) in [5, 5.41) is 12.4. The SMILES string of the molecule is CC(C)(C)C(=O)C1=C(O)C(=O)N(CC2CCCO2)C1c1cccs1. The van der Waals surface area contributed by atoms with Crippen LogP contribution in [0.3, 0.4) is 0 Å². The molecule has 0 saturated carbocycles. The highest BCUT2D eigenvalue weighted by Gasteiger charge is 2.47. The Morgan fingerprint density at radius 1 is 1.46 bits per heavy atom. The van der Waals surface area contributed by atoms with E-state index >= 15 is 0 Å². The lowest BCUT2D eigenvalue weighted by Gasteiger charge is -2.29. The van der Waals surface area contributed by atoms with Gasteiger partial charge in [-0.1, -0.05) is 26.8 Å². The Labute approximate surface area is 145 Å². The summed E-state index contributed by atoms with van der Waals surface area (Å²) in [7, 11) is 0. The zero-order chi connectivity index (χ0) is 17.5. The van der Waals surface area contributed by atoms with Gasteiger partial charge in [-0.2, -0.15) is 0 Å². The Morgan fingerprint density at radius 2 is 2.21 bits per heavy atom. The maximum atomic E-state index is 12.9. The largest absolute Gasteiger partial charge is 0.503 e. The molecule has 2 unspecified atom stereocenters. The molecule has 1 fully saturated rings. The summed E-state index contributed by atoms with van der Waals surface area (Å²) < 4.78 is 5.65. The van der Waals surface area contributed by atoms with Crippen molar-refractivity contribution in [1.82, 2.24) is 4.90 Å². The van der Waals surface area contributed by atoms with E-state index in [1.165, 1.54) is 11.3 Å². The minimum Gasteiger partial charge on any atom is -0.503 e. The van der Waals surface area contributed by atoms with Crippen LogP contribution in [0.1, 0.15) is 44.5 Å². The molecule has 1 amide bonds. The van der Waals surface area contributed by atoms with Crippen molar-refractivity contribution in [2.24, 2.45) is 5.41 Å². The smallest absolute Gasteiger partial charge is 0.290 e. The quantitative estimate of drug-likeness (QED) is 0.906. The van der Waals surface area contributed by atoms with Crippen LogP contribution in [-0.4, -0.2) is 41.0 Å². The van der Waals surface area contributed by atoms with Gasteiger partial charge in [0.2, 0.25) is 0 Å². The lowest BCUT2D eigenvalue weighted by atomic mass is 9.83. The van der Waals surface area contributed by atoms with E-state index in [1.54, 1.807) is 25.7 Å². The van der Waals surface area contributed by atoms with Gasteiger partial charge < -0.3 is 14.7 Å². The second-order valence-electron chi connectivity index (χ2n) is 7.35. The second-order valence-corrected chi connectivity index (χ2v) is 8.33. The molecule has 0 radical (unpaired) electrons. The lowest BCUT2D eigenvalue weighted by Crippen LogP contribution is -2.37. The molecule has 3 heterocycles. The summed E-state index contributed by atoms with van der Waals surface area (Å²) >= 11 is 1.49. The van der Waals surface area contributed by atoms with Crippen molar-refractivity contribution in [2.45, 2.75) is 45.8 Å². The van der Waals surface area contributed by atoms with Crippen LogP contribution >= 0.6 is 11.3 Å². The lowest BCUT2D eigenvalue weighted by molar-refractivity contribution is -0.131. The van der Waals surface area contributed by atoms with Gasteiger partial charge in [-0.3, -0.25) is 9.59 Å². The van der Waals surface area contributed by atoms with E-state index in [0.717, 1.165) is 17.7 Å². The molecular weight excluding hydrogens is 326 g/mol. The summed E-state index contributed by atoms with van der Waals surface area (Å²) in [6.07, 6.45) is 1.83. The number of Topliss-reactive ketones (excluding diaryl/α,β-unsaturated/α-hetero) is 1. The molecule has 0 aliphatic carbocycles. The molecular formula is C18H23NO4S. The minimum atomic E-state index is -0.668. The molecule has 0 bridgehead atoms. The van der Waals surface area contributed by atoms with Gasteiger partial charge in [0, 0.05) is 23.4 Å². The standard InChI is InChI=1S/C18H23NO4S/c1-18(2,3)16(21)13-14(12-7-5-9-24-12)19(17(22)15(13)20)10-11-6-4-8-23-11/h5,7,9,11,14,20H,4,6,8,10H2,1-3H3. The van der Waals surface area contributed by atoms with Crippen molar-refractivity contribution in [2.75, 3.05) is 13.2 Å². The molecule has 3 rings (SSSR count). The van der Waals surface area contributed by atoms with Crippen molar-refractivity contribution in [3.63, 3.8) is 0 Å². The number of carbonyl (C=O) groups is 2. The van der Waals surface area contributed by atoms with Gasteiger partial charge in [0.1, 0.15) is 0 Å². The Bertz CT molecular complexity index is 666. The molecule has 2 aliphatic rings. The molecule has 24 heavy (non-hydrogen) atoms. The van der Waals surface area contributed by atoms with Crippen LogP contribution in [0.15, 0.2) is 28.8 Å². The van der Waals surface area contributed by atoms with Crippen LogP contribution in [0, 0.1) is 5.41 Å². The predicted molar refractivity (Wildman–Crippen MR) is 91.9 cm³/mol. The molecule has 1 aromatic heterocycles. The number of carbonyl (C=O) groups excluding carboxylic acids is 2. The molecule has 6 heteroatoms. The van der Waals surface area contributed by atoms with Crippen molar-refractivity contribution < 1.29 is 19.4 Å². The fourth-order valence-corrected chi connectivity index (χ4v) is 4.07. The molecule has 1 saturated heterocycles. The van der Waals surface area contributed by atoms with Gasteiger partial charge in [0.05, 0.1) is 17.7 Å². The highest BCUT2D eigenvalue weighted by atomic mass is 32.1. The molecule has 1 N–H and O–H groups in total. The number of rotatable bonds is 4. The number of hydrogen-bond donors (Lipinski definition) is 1. The predicted octanol–water partition coefficient (Wildman–Crippen LogP) is 3.24. The van der Waals surface area contributed by atoms with Crippen LogP contribution in [-0.2, 0) is 14.3 Å². The number of ketones is 1. The van der Waals surface area contributed by atoms with E-state index in [1.807, 2.05) is 17.5 Å². The average Bonchev–Trinajstić information content (AvgIpc) is 3.23. The number of aliphatic hydroxyl groups excluding tert-OH is 1. The normalized spacial score (nSPS) is 25.0. The number of thiophene rings is 1. The third-order valence-electron chi connectivity index (χ3n) is 4.47. The number of ether oxygens (including phenoxy) is 1. The van der Waals surface area contributed by atoms with E-state index < -0.39 is 23.1 Å². The highest BCUT2D eigenvalue weighted by Crippen LogP contribution is 2.42. The summed E-state index contributed by atoms with van der Waals surface area (Å²) in [6, 6.07) is 3.27. The Morgan fingerprint density at radius 3 is 2.75 bits per heavy atom. The topological polar surface area (TPSA) is 66.8 Å². The van der Waals surface area contributed by atoms with E-state index in [2.05, 4.69) is 0 Å². The van der Waals surface area contributed by atoms with Crippen molar-refractivity contribution in [3.05, 3.63) is 33.7 Å². The van der Waals surface area contributed by atoms with E-state index in [9.17, 15) is 14.7 Å². The average molecular weight is 349 g/mol. The first kappa shape index (κ1) is 17.2. The van der Waals surface area contributed by atoms with Gasteiger partial charge in [-0.25, -0.2) is 0 Å². The minimum absolute atomic E-state index is 0.0340. The monoisotopic (exact) mass is 349 g/mol. The first-order valence-electron chi connectivity index (χ1n) is 8.24. The highest BCUT2D eigenvalue weighted by molar-refractivity contribution is 7.10. The number of hydrogen-bond acceptors (Lipinski definition) is 5. The third kappa shape index (κ3) is 3.00. The number of nitrogens with zero attached hydrogens (tertiary/aromatic N) is 1. The van der Waals surface area contributed by atoms with E-state index in [0.29, 0.717) is 13.2 Å². The van der Waals surface area contributed by atoms with Crippen LogP contribution in [0.5, 0.6) is 0 Å². The van der Waals surface area contributed by atoms with Crippen molar-refractivity contribution in [3.8, 4) is 0 Å². The Hall–Kier alpha value is -1.66. The molecule has 130 valence electrons. The first-order chi connectivity index (χ1) is 11.3. The zero-order valence-corrected chi connectivity index (χ0v) is 15.1. The van der Waals surface area contributed by atoms with Gasteiger partial charge in [-0.05, 0) is 24.3 Å². The van der Waals surface area contributed by atoms with Crippen molar-refractivity contribution >= 4 is 23.0 Å². The molecule has 0 aromatic carbocycles. The molecule has 2 atom stereocenters. The molecule has 1 aromatic rings. The van der Waals surface area contributed by atoms with Crippen LogP contribution in [0.25, 0.3) is 0 Å². The van der Waals surface area contributed by atoms with Crippen LogP contribution in [0.4, 0.5) is 0 Å². The first-order valence-corrected chi connectivity index (χ1v) is 9.12. The number of amides is 1. The Kier molecular flexibility index (Phi) is 4.53. The fraction of sp³-hybridized carbons (Fsp3) is 0.556. The molecule has 2 aliphatic heterocycles. The summed E-state index contributed by atoms with van der Waals surface area (Å²) in [4.78, 5) is 28.0. The van der Waals surface area contributed by atoms with Crippen LogP contribution in [0.2, 0.25) is 0 Å². The fourth-order valence-electron chi connectivity index (χ4n) is 3.23. The van der Waals surface area contributed by atoms with E-state index in [4.69, 9.17) is 4.74 Å². The van der Waals surface area contributed by atoms with Gasteiger partial charge in [0.25, 0.3) is 5.91 Å². The molecule has 5 nitrogen and oxygen atoms in total. The maximum absolute atomic E-state index is 12.9. The van der Waals surface area contributed by atoms with Crippen LogP contribution < -0.4 is 0 Å². The maximum Gasteiger partial charge on any atom is 0.290 e. The van der Waals surface area contributed by atoms with Gasteiger partial charge in [0.15, 0.2) is 11.5 Å². The summed E-state index contributed by atoms with van der Waals surface area (Å²) in [5.74, 6) is -1.08. The van der Waals surface area contributed by atoms with Gasteiger partial charge >= 0.3 is 0 Å². The zero-order valence-electron chi connectivity index (χ0n) is 14.2. The molecule has 0 spiro atoms. The third-order valence-corrected chi connectivity index (χ3v) is 5.39. The van der Waals surface area contributed by atoms with E-state index in [-0.39, 0.29) is 17.5 Å². The Balaban J connectivity index is 1.99. The van der Waals surface area contributed by atoms with Gasteiger partial charge in [-0.15, -0.1) is 11.3 Å². The van der Waals surface area contributed by atoms with Crippen molar-refractivity contribution in [1.29, 1.82) is 0 Å². The summed E-state index contributed by atoms with van der Waals surface area (Å²) in [6.45, 7) is 6.49. The number of aliphatic hydroxyl groups is 1. The summed E-state index contributed by atoms with van der Waals surface area (Å²) in [5.41, 5.74) is -0.452. The second kappa shape index (κ2) is 6.33.